The van der Waals surface area contributed by atoms with Gasteiger partial charge in [0, 0.05) is 30.1 Å². The molecule has 2 aromatic rings. The Labute approximate surface area is 196 Å². The molecule has 0 radical (unpaired) electrons. The molecule has 2 aromatic carbocycles. The molecule has 0 N–H and O–H groups in total. The lowest BCUT2D eigenvalue weighted by atomic mass is 9.79. The molecule has 0 spiro atoms. The van der Waals surface area contributed by atoms with Gasteiger partial charge in [-0.1, -0.05) is 29.3 Å². The van der Waals surface area contributed by atoms with Gasteiger partial charge >= 0.3 is 0 Å². The molecule has 33 heavy (non-hydrogen) atoms. The summed E-state index contributed by atoms with van der Waals surface area (Å²) in [5, 5.41) is 0. The van der Waals surface area contributed by atoms with Crippen molar-refractivity contribution in [3.63, 3.8) is 0 Å². The number of ether oxygens (including phenoxy) is 2. The summed E-state index contributed by atoms with van der Waals surface area (Å²) in [6.45, 7) is 5.16. The Bertz CT molecular complexity index is 1050. The highest BCUT2D eigenvalue weighted by Crippen LogP contribution is 2.48. The van der Waals surface area contributed by atoms with Gasteiger partial charge in [-0.15, -0.1) is 0 Å². The SMILES string of the molecule is COc1cc2c(cc1OC)C(=O)C(CC1(F)CC3CCC(C1)N3Cc1cc(C)cc(C)c1)C2. The van der Waals surface area contributed by atoms with Gasteiger partial charge in [0.05, 0.1) is 14.2 Å². The van der Waals surface area contributed by atoms with Crippen LogP contribution in [-0.4, -0.2) is 42.7 Å². The molecule has 0 amide bonds. The van der Waals surface area contributed by atoms with E-state index in [0.717, 1.165) is 24.9 Å². The lowest BCUT2D eigenvalue weighted by Crippen LogP contribution is -2.49. The maximum absolute atomic E-state index is 16.3. The average molecular weight is 452 g/mol. The predicted molar refractivity (Wildman–Crippen MR) is 127 cm³/mol. The monoisotopic (exact) mass is 451 g/mol. The van der Waals surface area contributed by atoms with Crippen LogP contribution in [0.1, 0.15) is 64.7 Å². The van der Waals surface area contributed by atoms with Crippen molar-refractivity contribution in [2.24, 2.45) is 5.92 Å². The molecule has 0 aromatic heterocycles. The molecule has 5 heteroatoms. The van der Waals surface area contributed by atoms with E-state index in [4.69, 9.17) is 9.47 Å². The first-order chi connectivity index (χ1) is 15.8. The Kier molecular flexibility index (Phi) is 5.72. The number of halogens is 1. The number of fused-ring (bicyclic) bond motifs is 3. The fourth-order valence-electron chi connectivity index (χ4n) is 6.68. The van der Waals surface area contributed by atoms with Crippen LogP contribution in [0.15, 0.2) is 30.3 Å². The topological polar surface area (TPSA) is 38.8 Å². The molecule has 176 valence electrons. The second kappa shape index (κ2) is 8.43. The van der Waals surface area contributed by atoms with E-state index in [0.29, 0.717) is 42.7 Å². The molecular weight excluding hydrogens is 417 g/mol. The molecule has 5 rings (SSSR count). The number of hydrogen-bond donors (Lipinski definition) is 0. The minimum atomic E-state index is -1.28. The summed E-state index contributed by atoms with van der Waals surface area (Å²) in [6, 6.07) is 10.9. The molecule has 2 fully saturated rings. The normalized spacial score (nSPS) is 28.8. The van der Waals surface area contributed by atoms with E-state index in [9.17, 15) is 4.79 Å². The zero-order chi connectivity index (χ0) is 23.3. The number of ketones is 1. The van der Waals surface area contributed by atoms with Crippen molar-refractivity contribution in [2.45, 2.75) is 76.7 Å². The molecule has 0 saturated carbocycles. The number of nitrogens with zero attached hydrogens (tertiary/aromatic N) is 1. The highest BCUT2D eigenvalue weighted by Gasteiger charge is 2.50. The summed E-state index contributed by atoms with van der Waals surface area (Å²) in [4.78, 5) is 15.7. The number of aryl methyl sites for hydroxylation is 2. The third kappa shape index (κ3) is 4.16. The number of carbonyl (C=O) groups is 1. The number of methoxy groups -OCH3 is 2. The van der Waals surface area contributed by atoms with Crippen molar-refractivity contribution in [3.05, 3.63) is 58.1 Å². The van der Waals surface area contributed by atoms with Gasteiger partial charge in [0.2, 0.25) is 0 Å². The minimum Gasteiger partial charge on any atom is -0.493 e. The Hall–Kier alpha value is -2.40. The number of carbonyl (C=O) groups excluding carboxylic acids is 1. The van der Waals surface area contributed by atoms with Gasteiger partial charge in [0.15, 0.2) is 17.3 Å². The second-order valence-corrected chi connectivity index (χ2v) is 10.4. The summed E-state index contributed by atoms with van der Waals surface area (Å²) in [6.07, 6.45) is 4.06. The summed E-state index contributed by atoms with van der Waals surface area (Å²) in [7, 11) is 3.16. The lowest BCUT2D eigenvalue weighted by molar-refractivity contribution is -0.00654. The van der Waals surface area contributed by atoms with Crippen LogP contribution in [0.4, 0.5) is 4.39 Å². The van der Waals surface area contributed by atoms with Gasteiger partial charge in [-0.25, -0.2) is 4.39 Å². The Morgan fingerprint density at radius 2 is 1.58 bits per heavy atom. The van der Waals surface area contributed by atoms with Crippen molar-refractivity contribution in [2.75, 3.05) is 14.2 Å². The highest BCUT2D eigenvalue weighted by atomic mass is 19.1. The van der Waals surface area contributed by atoms with Crippen LogP contribution in [0.2, 0.25) is 0 Å². The molecule has 2 aliphatic heterocycles. The minimum absolute atomic E-state index is 0.0491. The molecule has 3 unspecified atom stereocenters. The fraction of sp³-hybridized carbons (Fsp3) is 0.536. The molecule has 4 nitrogen and oxygen atoms in total. The molecule has 3 atom stereocenters. The van der Waals surface area contributed by atoms with Crippen molar-refractivity contribution in [1.82, 2.24) is 4.90 Å². The van der Waals surface area contributed by atoms with E-state index >= 15 is 4.39 Å². The first-order valence-electron chi connectivity index (χ1n) is 12.1. The quantitative estimate of drug-likeness (QED) is 0.573. The Morgan fingerprint density at radius 1 is 0.970 bits per heavy atom. The molecule has 3 aliphatic rings. The van der Waals surface area contributed by atoms with E-state index < -0.39 is 5.67 Å². The summed E-state index contributed by atoms with van der Waals surface area (Å²) >= 11 is 0. The van der Waals surface area contributed by atoms with Crippen LogP contribution in [0.25, 0.3) is 0 Å². The van der Waals surface area contributed by atoms with Gasteiger partial charge in [-0.05, 0) is 75.6 Å². The summed E-state index contributed by atoms with van der Waals surface area (Å²) in [5.74, 6) is 0.926. The van der Waals surface area contributed by atoms with Gasteiger partial charge in [-0.2, -0.15) is 0 Å². The van der Waals surface area contributed by atoms with Crippen molar-refractivity contribution in [1.29, 1.82) is 0 Å². The van der Waals surface area contributed by atoms with E-state index in [-0.39, 0.29) is 23.8 Å². The zero-order valence-electron chi connectivity index (χ0n) is 20.1. The van der Waals surface area contributed by atoms with Crippen LogP contribution in [0.3, 0.4) is 0 Å². The zero-order valence-corrected chi connectivity index (χ0v) is 20.1. The van der Waals surface area contributed by atoms with Crippen molar-refractivity contribution >= 4 is 5.78 Å². The highest BCUT2D eigenvalue weighted by molar-refractivity contribution is 6.03. The fourth-order valence-corrected chi connectivity index (χ4v) is 6.68. The van der Waals surface area contributed by atoms with Crippen LogP contribution < -0.4 is 9.47 Å². The van der Waals surface area contributed by atoms with Gasteiger partial charge in [-0.3, -0.25) is 9.69 Å². The van der Waals surface area contributed by atoms with Crippen LogP contribution in [-0.2, 0) is 13.0 Å². The molecule has 2 bridgehead atoms. The standard InChI is InChI=1S/C28H34FNO3/c1-17-7-18(2)9-19(8-17)16-30-22-5-6-23(30)15-28(29,14-22)13-21-10-20-11-25(32-3)26(33-4)12-24(20)27(21)31/h7-9,11-12,21-23H,5-6,10,13-16H2,1-4H3. The summed E-state index contributed by atoms with van der Waals surface area (Å²) < 4.78 is 27.0. The third-order valence-corrected chi connectivity index (χ3v) is 7.94. The lowest BCUT2D eigenvalue weighted by Gasteiger charge is -2.43. The van der Waals surface area contributed by atoms with Gasteiger partial charge in [0.25, 0.3) is 0 Å². The van der Waals surface area contributed by atoms with E-state index in [1.54, 1.807) is 20.3 Å². The number of rotatable bonds is 6. The third-order valence-electron chi connectivity index (χ3n) is 7.94. The number of piperidine rings is 1. The van der Waals surface area contributed by atoms with E-state index in [1.807, 2.05) is 6.07 Å². The molecule has 1 aliphatic carbocycles. The van der Waals surface area contributed by atoms with Crippen molar-refractivity contribution in [3.8, 4) is 11.5 Å². The number of benzene rings is 2. The number of Topliss-reactive ketones (excluding diaryl/α,β-unsaturated/α-hetero) is 1. The number of alkyl halides is 1. The second-order valence-electron chi connectivity index (χ2n) is 10.4. The molecule has 2 saturated heterocycles. The van der Waals surface area contributed by atoms with Crippen LogP contribution in [0, 0.1) is 19.8 Å². The first-order valence-corrected chi connectivity index (χ1v) is 12.1. The predicted octanol–water partition coefficient (Wildman–Crippen LogP) is 5.60. The smallest absolute Gasteiger partial charge is 0.166 e. The number of hydrogen-bond acceptors (Lipinski definition) is 4. The van der Waals surface area contributed by atoms with Gasteiger partial charge < -0.3 is 9.47 Å². The molecule has 2 heterocycles. The van der Waals surface area contributed by atoms with Crippen LogP contribution in [0.5, 0.6) is 11.5 Å². The maximum Gasteiger partial charge on any atom is 0.166 e. The Morgan fingerprint density at radius 3 is 2.18 bits per heavy atom. The van der Waals surface area contributed by atoms with Crippen LogP contribution >= 0.6 is 0 Å². The van der Waals surface area contributed by atoms with Crippen molar-refractivity contribution < 1.29 is 18.7 Å². The maximum atomic E-state index is 16.3. The first kappa shape index (κ1) is 22.4. The largest absolute Gasteiger partial charge is 0.493 e. The summed E-state index contributed by atoms with van der Waals surface area (Å²) in [5.41, 5.74) is 4.21. The van der Waals surface area contributed by atoms with E-state index in [2.05, 4.69) is 36.9 Å². The Balaban J connectivity index is 1.29. The molecular formula is C28H34FNO3. The average Bonchev–Trinajstić information content (AvgIpc) is 3.18. The van der Waals surface area contributed by atoms with E-state index in [1.165, 1.54) is 16.7 Å². The van der Waals surface area contributed by atoms with Gasteiger partial charge in [0.1, 0.15) is 5.67 Å².